The third kappa shape index (κ3) is 1.37. The van der Waals surface area contributed by atoms with Crippen molar-refractivity contribution < 1.29 is 14.3 Å². The van der Waals surface area contributed by atoms with Crippen molar-refractivity contribution in [1.29, 1.82) is 0 Å². The van der Waals surface area contributed by atoms with Gasteiger partial charge in [0.2, 0.25) is 0 Å². The summed E-state index contributed by atoms with van der Waals surface area (Å²) in [6.07, 6.45) is 3.13. The van der Waals surface area contributed by atoms with Crippen molar-refractivity contribution in [2.24, 2.45) is 5.90 Å². The van der Waals surface area contributed by atoms with Gasteiger partial charge in [-0.15, -0.1) is 0 Å². The lowest BCUT2D eigenvalue weighted by Crippen LogP contribution is -2.45. The van der Waals surface area contributed by atoms with Crippen LogP contribution in [0.4, 0.5) is 0 Å². The molecule has 2 N–H and O–H groups in total. The van der Waals surface area contributed by atoms with Gasteiger partial charge in [0, 0.05) is 12.8 Å². The van der Waals surface area contributed by atoms with E-state index in [1.807, 2.05) is 18.2 Å². The lowest BCUT2D eigenvalue weighted by molar-refractivity contribution is -0.138. The van der Waals surface area contributed by atoms with Gasteiger partial charge in [-0.1, -0.05) is 6.07 Å². The molecule has 3 rings (SSSR count). The Morgan fingerprint density at radius 2 is 2.07 bits per heavy atom. The average Bonchev–Trinajstić information content (AvgIpc) is 2.56. The van der Waals surface area contributed by atoms with E-state index in [1.54, 1.807) is 0 Å². The van der Waals surface area contributed by atoms with Crippen LogP contribution in [0.25, 0.3) is 0 Å². The second kappa shape index (κ2) is 3.12. The first-order chi connectivity index (χ1) is 7.31. The van der Waals surface area contributed by atoms with Crippen LogP contribution in [-0.2, 0) is 11.4 Å². The predicted octanol–water partition coefficient (Wildman–Crippen LogP) is 1.73. The van der Waals surface area contributed by atoms with Crippen molar-refractivity contribution in [2.75, 3.05) is 0 Å². The monoisotopic (exact) mass is 207 g/mol. The number of hydrogen-bond acceptors (Lipinski definition) is 4. The van der Waals surface area contributed by atoms with Crippen molar-refractivity contribution in [2.45, 2.75) is 31.7 Å². The summed E-state index contributed by atoms with van der Waals surface area (Å²) in [5.74, 6) is 6.31. The van der Waals surface area contributed by atoms with Gasteiger partial charge in [0.1, 0.15) is 0 Å². The molecule has 0 bridgehead atoms. The van der Waals surface area contributed by atoms with Gasteiger partial charge < -0.3 is 9.47 Å². The molecule has 1 aromatic rings. The molecule has 4 nitrogen and oxygen atoms in total. The molecule has 1 aliphatic heterocycles. The molecule has 0 aromatic heterocycles. The second-order valence-electron chi connectivity index (χ2n) is 4.06. The van der Waals surface area contributed by atoms with Crippen molar-refractivity contribution in [3.05, 3.63) is 23.8 Å². The Labute approximate surface area is 87.9 Å². The SMILES string of the molecule is NOCc1ccc2c(c1)OC1(CCC1)O2. The topological polar surface area (TPSA) is 53.7 Å². The largest absolute Gasteiger partial charge is 0.448 e. The normalized spacial score (nSPS) is 20.3. The molecule has 0 radical (unpaired) electrons. The molecule has 4 heteroatoms. The third-order valence-corrected chi connectivity index (χ3v) is 2.97. The molecular weight excluding hydrogens is 194 g/mol. The van der Waals surface area contributed by atoms with Crippen LogP contribution >= 0.6 is 0 Å². The summed E-state index contributed by atoms with van der Waals surface area (Å²) in [5.41, 5.74) is 0.997. The summed E-state index contributed by atoms with van der Waals surface area (Å²) in [6, 6.07) is 5.78. The van der Waals surface area contributed by atoms with E-state index in [-0.39, 0.29) is 5.79 Å². The maximum Gasteiger partial charge on any atom is 0.251 e. The Hall–Kier alpha value is -1.26. The summed E-state index contributed by atoms with van der Waals surface area (Å²) in [4.78, 5) is 4.58. The molecule has 1 spiro atoms. The highest BCUT2D eigenvalue weighted by Gasteiger charge is 2.47. The van der Waals surface area contributed by atoms with Crippen LogP contribution in [0.2, 0.25) is 0 Å². The fourth-order valence-corrected chi connectivity index (χ4v) is 1.99. The van der Waals surface area contributed by atoms with Gasteiger partial charge >= 0.3 is 0 Å². The smallest absolute Gasteiger partial charge is 0.251 e. The Morgan fingerprint density at radius 1 is 1.27 bits per heavy atom. The van der Waals surface area contributed by atoms with Crippen molar-refractivity contribution in [3.63, 3.8) is 0 Å². The molecule has 0 amide bonds. The zero-order valence-corrected chi connectivity index (χ0v) is 8.36. The molecule has 0 saturated heterocycles. The summed E-state index contributed by atoms with van der Waals surface area (Å²) in [5, 5.41) is 0. The lowest BCUT2D eigenvalue weighted by atomic mass is 9.91. The number of ether oxygens (including phenoxy) is 2. The van der Waals surface area contributed by atoms with Gasteiger partial charge in [-0.05, 0) is 24.1 Å². The average molecular weight is 207 g/mol. The van der Waals surface area contributed by atoms with Crippen LogP contribution in [0.3, 0.4) is 0 Å². The minimum absolute atomic E-state index is 0.357. The zero-order valence-electron chi connectivity index (χ0n) is 8.36. The summed E-state index contributed by atoms with van der Waals surface area (Å²) in [6.45, 7) is 0.392. The fourth-order valence-electron chi connectivity index (χ4n) is 1.99. The summed E-state index contributed by atoms with van der Waals surface area (Å²) < 4.78 is 11.6. The second-order valence-corrected chi connectivity index (χ2v) is 4.06. The Morgan fingerprint density at radius 3 is 2.73 bits per heavy atom. The minimum Gasteiger partial charge on any atom is -0.448 e. The van der Waals surface area contributed by atoms with Gasteiger partial charge in [-0.2, -0.15) is 0 Å². The highest BCUT2D eigenvalue weighted by atomic mass is 16.7. The Bertz CT molecular complexity index is 387. The number of fused-ring (bicyclic) bond motifs is 1. The maximum absolute atomic E-state index is 5.80. The highest BCUT2D eigenvalue weighted by Crippen LogP contribution is 2.48. The van der Waals surface area contributed by atoms with Crippen LogP contribution in [0.1, 0.15) is 24.8 Å². The van der Waals surface area contributed by atoms with Crippen LogP contribution < -0.4 is 15.4 Å². The molecule has 1 saturated carbocycles. The molecule has 15 heavy (non-hydrogen) atoms. The number of benzene rings is 1. The zero-order chi connectivity index (χ0) is 10.3. The molecule has 1 aromatic carbocycles. The molecular formula is C11H13NO3. The molecule has 80 valence electrons. The Kier molecular flexibility index (Phi) is 1.87. The number of nitrogens with two attached hydrogens (primary N) is 1. The van der Waals surface area contributed by atoms with E-state index in [0.717, 1.165) is 29.9 Å². The predicted molar refractivity (Wildman–Crippen MR) is 53.3 cm³/mol. The van der Waals surface area contributed by atoms with E-state index in [4.69, 9.17) is 15.4 Å². The van der Waals surface area contributed by atoms with E-state index in [9.17, 15) is 0 Å². The van der Waals surface area contributed by atoms with E-state index >= 15 is 0 Å². The standard InChI is InChI=1S/C11H13NO3/c12-13-7-8-2-3-9-10(6-8)15-11(14-9)4-1-5-11/h2-3,6H,1,4-5,7,12H2. The van der Waals surface area contributed by atoms with Crippen LogP contribution in [0, 0.1) is 0 Å². The molecule has 1 fully saturated rings. The minimum atomic E-state index is -0.357. The lowest BCUT2D eigenvalue weighted by Gasteiger charge is -2.35. The molecule has 2 aliphatic rings. The third-order valence-electron chi connectivity index (χ3n) is 2.97. The van der Waals surface area contributed by atoms with E-state index < -0.39 is 0 Å². The van der Waals surface area contributed by atoms with E-state index in [2.05, 4.69) is 4.84 Å². The summed E-state index contributed by atoms with van der Waals surface area (Å²) in [7, 11) is 0. The van der Waals surface area contributed by atoms with Crippen molar-refractivity contribution in [3.8, 4) is 11.5 Å². The first-order valence-corrected chi connectivity index (χ1v) is 5.14. The molecule has 0 unspecified atom stereocenters. The highest BCUT2D eigenvalue weighted by molar-refractivity contribution is 5.46. The summed E-state index contributed by atoms with van der Waals surface area (Å²) >= 11 is 0. The Balaban J connectivity index is 1.86. The first kappa shape index (κ1) is 9.00. The van der Waals surface area contributed by atoms with Gasteiger partial charge in [-0.25, -0.2) is 5.90 Å². The molecule has 1 heterocycles. The van der Waals surface area contributed by atoms with Gasteiger partial charge in [0.15, 0.2) is 11.5 Å². The first-order valence-electron chi connectivity index (χ1n) is 5.14. The van der Waals surface area contributed by atoms with Crippen LogP contribution in [-0.4, -0.2) is 5.79 Å². The van der Waals surface area contributed by atoms with Crippen molar-refractivity contribution in [1.82, 2.24) is 0 Å². The van der Waals surface area contributed by atoms with Gasteiger partial charge in [-0.3, -0.25) is 4.84 Å². The van der Waals surface area contributed by atoms with Crippen LogP contribution in [0.5, 0.6) is 11.5 Å². The van der Waals surface area contributed by atoms with Crippen LogP contribution in [0.15, 0.2) is 18.2 Å². The van der Waals surface area contributed by atoms with Gasteiger partial charge in [0.25, 0.3) is 5.79 Å². The number of hydrogen-bond donors (Lipinski definition) is 1. The van der Waals surface area contributed by atoms with Gasteiger partial charge in [0.05, 0.1) is 6.61 Å². The molecule has 0 atom stereocenters. The molecule has 1 aliphatic carbocycles. The van der Waals surface area contributed by atoms with E-state index in [1.165, 1.54) is 6.42 Å². The quantitative estimate of drug-likeness (QED) is 0.750. The fraction of sp³-hybridized carbons (Fsp3) is 0.455. The van der Waals surface area contributed by atoms with Crippen molar-refractivity contribution >= 4 is 0 Å². The van der Waals surface area contributed by atoms with E-state index in [0.29, 0.717) is 6.61 Å². The maximum atomic E-state index is 5.80. The number of rotatable bonds is 2.